The molecule has 0 spiro atoms. The van der Waals surface area contributed by atoms with Crippen molar-refractivity contribution in [3.63, 3.8) is 0 Å². The quantitative estimate of drug-likeness (QED) is 0.571. The summed E-state index contributed by atoms with van der Waals surface area (Å²) in [5.41, 5.74) is 2.78. The third kappa shape index (κ3) is 4.27. The normalized spacial score (nSPS) is 18.8. The predicted molar refractivity (Wildman–Crippen MR) is 120 cm³/mol. The molecule has 1 saturated heterocycles. The van der Waals surface area contributed by atoms with Gasteiger partial charge in [0.25, 0.3) is 17.1 Å². The van der Waals surface area contributed by atoms with Gasteiger partial charge in [0.05, 0.1) is 35.9 Å². The van der Waals surface area contributed by atoms with Gasteiger partial charge in [-0.15, -0.1) is 0 Å². The molecule has 2 aromatic carbocycles. The number of ether oxygens (including phenoxy) is 1. The minimum Gasteiger partial charge on any atom is -0.495 e. The Bertz CT molecular complexity index is 1180. The zero-order valence-corrected chi connectivity index (χ0v) is 17.7. The van der Waals surface area contributed by atoms with Crippen LogP contribution in [0.1, 0.15) is 28.4 Å². The van der Waals surface area contributed by atoms with Crippen LogP contribution in [0.15, 0.2) is 47.4 Å². The number of hydrogen-bond donors (Lipinski definition) is 2. The minimum absolute atomic E-state index is 0.0736. The van der Waals surface area contributed by atoms with Crippen molar-refractivity contribution in [2.24, 2.45) is 0 Å². The molecule has 0 aromatic heterocycles. The molecule has 2 N–H and O–H groups in total. The first-order chi connectivity index (χ1) is 15.0. The molecule has 2 aromatic rings. The largest absolute Gasteiger partial charge is 0.495 e. The lowest BCUT2D eigenvalue weighted by atomic mass is 10.1. The Morgan fingerprint density at radius 2 is 2.00 bits per heavy atom. The number of anilines is 1. The van der Waals surface area contributed by atoms with Crippen LogP contribution < -0.4 is 15.4 Å². The first-order valence-electron chi connectivity index (χ1n) is 9.54. The summed E-state index contributed by atoms with van der Waals surface area (Å²) in [5.74, 6) is 6.20. The van der Waals surface area contributed by atoms with Crippen molar-refractivity contribution in [2.45, 2.75) is 13.1 Å². The van der Waals surface area contributed by atoms with Gasteiger partial charge in [-0.25, -0.2) is 0 Å². The number of carbonyl (C=O) groups is 3. The summed E-state index contributed by atoms with van der Waals surface area (Å²) in [6.45, 7) is 2.15. The highest BCUT2D eigenvalue weighted by molar-refractivity contribution is 8.18. The lowest BCUT2D eigenvalue weighted by Gasteiger charge is -2.34. The molecule has 2 aliphatic heterocycles. The van der Waals surface area contributed by atoms with E-state index in [4.69, 9.17) is 4.74 Å². The fraction of sp³-hybridized carbons (Fsp3) is 0.174. The van der Waals surface area contributed by atoms with Gasteiger partial charge in [0, 0.05) is 5.69 Å². The first kappa shape index (κ1) is 20.6. The van der Waals surface area contributed by atoms with Crippen LogP contribution >= 0.6 is 11.8 Å². The van der Waals surface area contributed by atoms with Crippen molar-refractivity contribution in [2.75, 3.05) is 19.0 Å². The average Bonchev–Trinajstić information content (AvgIpc) is 3.07. The standard InChI is InChI=1S/C23H19N3O4S/c1-14-24-18-8-4-3-7-17(18)22(28)26(14)11-5-6-16-12-15(9-10-19(16)30-2)13-20-21(27)25-23(29)31-20/h3-4,7-10,12-14,24H,11H2,1-2H3,(H,25,27,29)/b20-13+. The summed E-state index contributed by atoms with van der Waals surface area (Å²) in [5, 5.41) is 5.15. The topological polar surface area (TPSA) is 87.7 Å². The molecule has 2 aliphatic rings. The number of imide groups is 1. The van der Waals surface area contributed by atoms with Gasteiger partial charge in [-0.1, -0.05) is 30.0 Å². The second kappa shape index (κ2) is 8.58. The number of rotatable bonds is 3. The Hall–Kier alpha value is -3.70. The van der Waals surface area contributed by atoms with Crippen molar-refractivity contribution in [1.29, 1.82) is 0 Å². The highest BCUT2D eigenvalue weighted by Gasteiger charge is 2.28. The van der Waals surface area contributed by atoms with E-state index in [1.165, 1.54) is 0 Å². The predicted octanol–water partition coefficient (Wildman–Crippen LogP) is 3.28. The molecular weight excluding hydrogens is 414 g/mol. The summed E-state index contributed by atoms with van der Waals surface area (Å²) in [4.78, 5) is 37.9. The summed E-state index contributed by atoms with van der Waals surface area (Å²) in [7, 11) is 1.55. The van der Waals surface area contributed by atoms with Gasteiger partial charge >= 0.3 is 0 Å². The number of nitrogens with zero attached hydrogens (tertiary/aromatic N) is 1. The molecule has 8 heteroatoms. The Morgan fingerprint density at radius 1 is 1.19 bits per heavy atom. The molecule has 2 heterocycles. The molecule has 1 fully saturated rings. The van der Waals surface area contributed by atoms with Crippen LogP contribution in [-0.4, -0.2) is 41.8 Å². The van der Waals surface area contributed by atoms with Gasteiger partial charge in [-0.2, -0.15) is 0 Å². The maximum absolute atomic E-state index is 12.8. The van der Waals surface area contributed by atoms with Gasteiger partial charge in [0.15, 0.2) is 0 Å². The Labute approximate surface area is 183 Å². The Morgan fingerprint density at radius 3 is 2.74 bits per heavy atom. The lowest BCUT2D eigenvalue weighted by Crippen LogP contribution is -2.47. The van der Waals surface area contributed by atoms with Crippen LogP contribution in [0.25, 0.3) is 6.08 Å². The summed E-state index contributed by atoms with van der Waals surface area (Å²) >= 11 is 0.859. The van der Waals surface area contributed by atoms with Crippen molar-refractivity contribution < 1.29 is 19.1 Å². The summed E-state index contributed by atoms with van der Waals surface area (Å²) in [6.07, 6.45) is 1.44. The van der Waals surface area contributed by atoms with Crippen LogP contribution in [0.2, 0.25) is 0 Å². The molecule has 7 nitrogen and oxygen atoms in total. The van der Waals surface area contributed by atoms with E-state index in [0.29, 0.717) is 21.8 Å². The van der Waals surface area contributed by atoms with Gasteiger partial charge in [0.1, 0.15) is 5.75 Å². The third-order valence-electron chi connectivity index (χ3n) is 4.89. The van der Waals surface area contributed by atoms with E-state index in [9.17, 15) is 14.4 Å². The van der Waals surface area contributed by atoms with Gasteiger partial charge in [-0.3, -0.25) is 19.7 Å². The molecule has 0 radical (unpaired) electrons. The van der Waals surface area contributed by atoms with E-state index < -0.39 is 5.91 Å². The monoisotopic (exact) mass is 433 g/mol. The van der Waals surface area contributed by atoms with E-state index in [-0.39, 0.29) is 23.9 Å². The number of thioether (sulfide) groups is 1. The zero-order valence-electron chi connectivity index (χ0n) is 16.9. The number of fused-ring (bicyclic) bond motifs is 1. The second-order valence-electron chi connectivity index (χ2n) is 6.91. The molecule has 1 unspecified atom stereocenters. The van der Waals surface area contributed by atoms with Gasteiger partial charge in [0.2, 0.25) is 0 Å². The maximum atomic E-state index is 12.8. The van der Waals surface area contributed by atoms with Crippen molar-refractivity contribution in [3.05, 3.63) is 64.1 Å². The maximum Gasteiger partial charge on any atom is 0.290 e. The molecule has 0 bridgehead atoms. The molecule has 156 valence electrons. The van der Waals surface area contributed by atoms with E-state index in [1.54, 1.807) is 42.4 Å². The molecule has 31 heavy (non-hydrogen) atoms. The number of benzene rings is 2. The van der Waals surface area contributed by atoms with Crippen LogP contribution in [0.3, 0.4) is 0 Å². The van der Waals surface area contributed by atoms with Gasteiger partial charge < -0.3 is 15.0 Å². The molecule has 1 atom stereocenters. The second-order valence-corrected chi connectivity index (χ2v) is 7.93. The molecular formula is C23H19N3O4S. The fourth-order valence-electron chi connectivity index (χ4n) is 3.34. The number of amides is 3. The SMILES string of the molecule is COc1ccc(/C=C2/SC(=O)NC2=O)cc1C#CCN1C(=O)c2ccccc2NC1C. The number of carbonyl (C=O) groups excluding carboxylic acids is 3. The fourth-order valence-corrected chi connectivity index (χ4v) is 4.03. The third-order valence-corrected chi connectivity index (χ3v) is 5.70. The molecule has 0 aliphatic carbocycles. The number of nitrogens with one attached hydrogen (secondary N) is 2. The highest BCUT2D eigenvalue weighted by Crippen LogP contribution is 2.28. The highest BCUT2D eigenvalue weighted by atomic mass is 32.2. The average molecular weight is 433 g/mol. The molecule has 0 saturated carbocycles. The van der Waals surface area contributed by atoms with Crippen LogP contribution in [0.5, 0.6) is 5.75 Å². The zero-order chi connectivity index (χ0) is 22.0. The van der Waals surface area contributed by atoms with Crippen molar-refractivity contribution >= 4 is 40.6 Å². The van der Waals surface area contributed by atoms with E-state index in [0.717, 1.165) is 23.0 Å². The van der Waals surface area contributed by atoms with Crippen molar-refractivity contribution in [1.82, 2.24) is 10.2 Å². The first-order valence-corrected chi connectivity index (χ1v) is 10.4. The Balaban J connectivity index is 1.56. The van der Waals surface area contributed by atoms with Crippen molar-refractivity contribution in [3.8, 4) is 17.6 Å². The number of hydrogen-bond acceptors (Lipinski definition) is 6. The molecule has 3 amide bonds. The van der Waals surface area contributed by atoms with E-state index in [1.807, 2.05) is 25.1 Å². The smallest absolute Gasteiger partial charge is 0.290 e. The van der Waals surface area contributed by atoms with Crippen LogP contribution in [0.4, 0.5) is 10.5 Å². The minimum atomic E-state index is -0.413. The van der Waals surface area contributed by atoms with Crippen LogP contribution in [0, 0.1) is 11.8 Å². The lowest BCUT2D eigenvalue weighted by molar-refractivity contribution is -0.115. The Kier molecular flexibility index (Phi) is 5.69. The van der Waals surface area contributed by atoms with E-state index >= 15 is 0 Å². The summed E-state index contributed by atoms with van der Waals surface area (Å²) in [6, 6.07) is 12.7. The number of methoxy groups -OCH3 is 1. The molecule has 4 rings (SSSR count). The summed E-state index contributed by atoms with van der Waals surface area (Å²) < 4.78 is 5.39. The van der Waals surface area contributed by atoms with Gasteiger partial charge in [-0.05, 0) is 54.6 Å². The van der Waals surface area contributed by atoms with Crippen LogP contribution in [-0.2, 0) is 4.79 Å². The number of para-hydroxylation sites is 1. The van der Waals surface area contributed by atoms with E-state index in [2.05, 4.69) is 22.5 Å².